The van der Waals surface area contributed by atoms with Crippen LogP contribution in [0.4, 0.5) is 0 Å². The van der Waals surface area contributed by atoms with E-state index in [1.54, 1.807) is 18.7 Å². The van der Waals surface area contributed by atoms with Crippen molar-refractivity contribution in [2.24, 2.45) is 37.3 Å². The van der Waals surface area contributed by atoms with Crippen molar-refractivity contribution in [3.8, 4) is 5.75 Å². The van der Waals surface area contributed by atoms with Gasteiger partial charge >= 0.3 is 11.7 Å². The number of phenolic OH excluding ortho intramolecular Hbond substituents is 1. The van der Waals surface area contributed by atoms with Crippen molar-refractivity contribution in [3.05, 3.63) is 56.5 Å². The first-order valence-corrected chi connectivity index (χ1v) is 18.6. The summed E-state index contributed by atoms with van der Waals surface area (Å²) in [5.74, 6) is 3.31. The molecule has 4 aliphatic rings. The molecule has 3 saturated carbocycles. The lowest BCUT2D eigenvalue weighted by molar-refractivity contribution is -0.158. The number of carbonyl (C=O) groups excluding carboxylic acids is 2. The van der Waals surface area contributed by atoms with E-state index in [2.05, 4.69) is 18.0 Å². The van der Waals surface area contributed by atoms with Crippen molar-refractivity contribution >= 4 is 22.9 Å². The lowest BCUT2D eigenvalue weighted by atomic mass is 9.55. The minimum absolute atomic E-state index is 0.0513. The zero-order valence-electron chi connectivity index (χ0n) is 29.8. The Morgan fingerprint density at radius 1 is 1.02 bits per heavy atom. The number of carbonyl (C=O) groups is 2. The van der Waals surface area contributed by atoms with Gasteiger partial charge in [-0.3, -0.25) is 18.7 Å². The first-order valence-electron chi connectivity index (χ1n) is 18.6. The van der Waals surface area contributed by atoms with Crippen LogP contribution in [-0.4, -0.2) is 41.6 Å². The third kappa shape index (κ3) is 7.15. The highest BCUT2D eigenvalue weighted by Gasteiger charge is 2.56. The monoisotopic (exact) mass is 674 g/mol. The van der Waals surface area contributed by atoms with Crippen LogP contribution in [0.25, 0.3) is 11.2 Å². The molecule has 5 atom stereocenters. The van der Waals surface area contributed by atoms with Gasteiger partial charge in [0.25, 0.3) is 5.56 Å². The molecule has 1 N–H and O–H groups in total. The average Bonchev–Trinajstić information content (AvgIpc) is 3.82. The molecule has 1 aromatic carbocycles. The number of phenols is 1. The second-order valence-corrected chi connectivity index (χ2v) is 15.6. The molecule has 2 aromatic heterocycles. The lowest BCUT2D eigenvalue weighted by Crippen LogP contribution is -2.45. The Hall–Kier alpha value is -3.69. The number of ether oxygens (including phenoxy) is 1. The van der Waals surface area contributed by atoms with E-state index < -0.39 is 0 Å². The number of unbranched alkanes of at least 4 members (excludes halogenated alkanes) is 1. The fourth-order valence-electron chi connectivity index (χ4n) is 9.79. The fourth-order valence-corrected chi connectivity index (χ4v) is 9.79. The Balaban J connectivity index is 0.000000183. The molecule has 49 heavy (non-hydrogen) atoms. The minimum atomic E-state index is -0.371. The van der Waals surface area contributed by atoms with E-state index in [4.69, 9.17) is 4.74 Å². The Morgan fingerprint density at radius 2 is 1.80 bits per heavy atom. The van der Waals surface area contributed by atoms with Gasteiger partial charge in [-0.25, -0.2) is 9.78 Å². The van der Waals surface area contributed by atoms with E-state index >= 15 is 0 Å². The fraction of sp³-hybridized carbons (Fsp3) is 0.667. The minimum Gasteiger partial charge on any atom is -0.508 e. The maximum absolute atomic E-state index is 12.6. The van der Waals surface area contributed by atoms with Crippen LogP contribution >= 0.6 is 0 Å². The standard InChI is InChI=1S/C26H36O3.C13H18N4O3/c1-26-15-14-21-20-10-8-19(27)16-18(20)7-9-22(21)23(26)11-12-24(26)29-25(28)13-6-17-4-2-3-5-17;1-9(18)6-4-5-7-17-12(19)10-11(14-8-15(10)2)16(3)13(17)20/h8,10,16-17,21-24,27H,2-7,9,11-15H2,1H3;8H,4-7H2,1-3H3/t21-,22-,23+,24+,26+;/m1./s1. The predicted molar refractivity (Wildman–Crippen MR) is 189 cm³/mol. The van der Waals surface area contributed by atoms with Crippen LogP contribution in [0.1, 0.15) is 121 Å². The van der Waals surface area contributed by atoms with Crippen LogP contribution in [0.2, 0.25) is 0 Å². The maximum atomic E-state index is 12.6. The van der Waals surface area contributed by atoms with E-state index in [-0.39, 0.29) is 34.5 Å². The SMILES string of the molecule is CC(=O)CCCCn1c(=O)c2c(ncn2C)n(C)c1=O.C[C@]12CC[C@@H]3c4ccc(O)cc4CC[C@H]3[C@@H]1CC[C@@H]2OC(=O)CCC1CCCC1. The van der Waals surface area contributed by atoms with Gasteiger partial charge in [0.15, 0.2) is 11.2 Å². The quantitative estimate of drug-likeness (QED) is 0.208. The molecule has 4 aliphatic carbocycles. The number of aromatic nitrogens is 4. The number of fused-ring (bicyclic) bond motifs is 6. The van der Waals surface area contributed by atoms with E-state index in [0.717, 1.165) is 31.6 Å². The van der Waals surface area contributed by atoms with Crippen molar-refractivity contribution in [2.45, 2.75) is 129 Å². The smallest absolute Gasteiger partial charge is 0.332 e. The van der Waals surface area contributed by atoms with E-state index in [1.807, 2.05) is 12.1 Å². The molecular formula is C39H54N4O6. The zero-order valence-corrected chi connectivity index (χ0v) is 29.8. The number of ketones is 1. The molecule has 10 nitrogen and oxygen atoms in total. The Bertz CT molecular complexity index is 1800. The van der Waals surface area contributed by atoms with Crippen molar-refractivity contribution in [2.75, 3.05) is 0 Å². The number of benzene rings is 1. The molecule has 3 fully saturated rings. The number of nitrogens with zero attached hydrogens (tertiary/aromatic N) is 4. The van der Waals surface area contributed by atoms with Gasteiger partial charge in [-0.15, -0.1) is 0 Å². The van der Waals surface area contributed by atoms with E-state index in [0.29, 0.717) is 66.9 Å². The molecule has 3 aromatic rings. The number of hydrogen-bond donors (Lipinski definition) is 1. The largest absolute Gasteiger partial charge is 0.508 e. The third-order valence-electron chi connectivity index (χ3n) is 12.5. The summed E-state index contributed by atoms with van der Waals surface area (Å²) in [6, 6.07) is 6.00. The number of esters is 1. The van der Waals surface area contributed by atoms with Crippen LogP contribution < -0.4 is 11.2 Å². The third-order valence-corrected chi connectivity index (χ3v) is 12.5. The number of hydrogen-bond acceptors (Lipinski definition) is 7. The normalized spacial score (nSPS) is 26.0. The van der Waals surface area contributed by atoms with Crippen molar-refractivity contribution in [1.29, 1.82) is 0 Å². The van der Waals surface area contributed by atoms with Gasteiger partial charge in [-0.1, -0.05) is 38.7 Å². The summed E-state index contributed by atoms with van der Waals surface area (Å²) in [6.45, 7) is 4.26. The van der Waals surface area contributed by atoms with Crippen LogP contribution in [0.15, 0.2) is 34.1 Å². The molecule has 7 rings (SSSR count). The van der Waals surface area contributed by atoms with Gasteiger partial charge in [0, 0.05) is 38.9 Å². The van der Waals surface area contributed by atoms with Gasteiger partial charge < -0.3 is 19.2 Å². The summed E-state index contributed by atoms with van der Waals surface area (Å²) in [5, 5.41) is 9.86. The highest BCUT2D eigenvalue weighted by molar-refractivity contribution is 5.75. The first-order chi connectivity index (χ1) is 23.5. The summed E-state index contributed by atoms with van der Waals surface area (Å²) in [5.41, 5.74) is 3.08. The molecule has 0 unspecified atom stereocenters. The van der Waals surface area contributed by atoms with Crippen LogP contribution in [0.5, 0.6) is 5.75 Å². The molecule has 0 spiro atoms. The molecule has 10 heteroatoms. The second-order valence-electron chi connectivity index (χ2n) is 15.6. The number of imidazole rings is 1. The molecule has 266 valence electrons. The Kier molecular flexibility index (Phi) is 10.5. The van der Waals surface area contributed by atoms with Crippen molar-refractivity contribution in [1.82, 2.24) is 18.7 Å². The van der Waals surface area contributed by atoms with Crippen LogP contribution in [0.3, 0.4) is 0 Å². The van der Waals surface area contributed by atoms with Gasteiger partial charge in [-0.2, -0.15) is 0 Å². The maximum Gasteiger partial charge on any atom is 0.332 e. The second kappa shape index (κ2) is 14.7. The molecular weight excluding hydrogens is 620 g/mol. The average molecular weight is 675 g/mol. The van der Waals surface area contributed by atoms with E-state index in [1.165, 1.54) is 78.5 Å². The number of aromatic hydroxyl groups is 1. The molecule has 2 heterocycles. The highest BCUT2D eigenvalue weighted by atomic mass is 16.5. The highest BCUT2D eigenvalue weighted by Crippen LogP contribution is 2.61. The zero-order chi connectivity index (χ0) is 34.9. The molecule has 0 amide bonds. The molecule has 0 saturated heterocycles. The molecule has 0 bridgehead atoms. The summed E-state index contributed by atoms with van der Waals surface area (Å²) in [4.78, 5) is 52.0. The van der Waals surface area contributed by atoms with Gasteiger partial charge in [0.05, 0.1) is 6.33 Å². The first kappa shape index (κ1) is 35.1. The van der Waals surface area contributed by atoms with Gasteiger partial charge in [0.1, 0.15) is 17.6 Å². The topological polar surface area (TPSA) is 125 Å². The molecule has 0 radical (unpaired) electrons. The molecule has 0 aliphatic heterocycles. The lowest BCUT2D eigenvalue weighted by Gasteiger charge is -2.50. The summed E-state index contributed by atoms with van der Waals surface area (Å²) in [7, 11) is 3.32. The summed E-state index contributed by atoms with van der Waals surface area (Å²) < 4.78 is 10.3. The Labute approximate surface area is 288 Å². The predicted octanol–water partition coefficient (Wildman–Crippen LogP) is 6.32. The van der Waals surface area contributed by atoms with Crippen LogP contribution in [0, 0.1) is 23.2 Å². The number of Topliss-reactive ketones (excluding diaryl/α,β-unsaturated/α-hetero) is 1. The van der Waals surface area contributed by atoms with E-state index in [9.17, 15) is 24.3 Å². The van der Waals surface area contributed by atoms with Crippen LogP contribution in [-0.2, 0) is 41.4 Å². The summed E-state index contributed by atoms with van der Waals surface area (Å²) >= 11 is 0. The summed E-state index contributed by atoms with van der Waals surface area (Å²) in [6.07, 6.45) is 17.2. The Morgan fingerprint density at radius 3 is 2.55 bits per heavy atom. The van der Waals surface area contributed by atoms with Crippen molar-refractivity contribution in [3.63, 3.8) is 0 Å². The number of aryl methyl sites for hydroxylation is 3. The van der Waals surface area contributed by atoms with Gasteiger partial charge in [-0.05, 0) is 112 Å². The van der Waals surface area contributed by atoms with Gasteiger partial charge in [0.2, 0.25) is 0 Å². The number of rotatable bonds is 9. The van der Waals surface area contributed by atoms with Crippen molar-refractivity contribution < 1.29 is 19.4 Å².